The van der Waals surface area contributed by atoms with Gasteiger partial charge in [0.1, 0.15) is 0 Å². The predicted octanol–water partition coefficient (Wildman–Crippen LogP) is 6.86. The van der Waals surface area contributed by atoms with E-state index in [1.807, 2.05) is 0 Å². The van der Waals surface area contributed by atoms with Crippen LogP contribution in [0.5, 0.6) is 0 Å². The van der Waals surface area contributed by atoms with Gasteiger partial charge in [0.25, 0.3) is 0 Å². The predicted molar refractivity (Wildman–Crippen MR) is 130 cm³/mol. The van der Waals surface area contributed by atoms with Crippen LogP contribution in [-0.2, 0) is 0 Å². The Morgan fingerprint density at radius 2 is 1.52 bits per heavy atom. The second-order valence-electron chi connectivity index (χ2n) is 14.8. The number of fused-ring (bicyclic) bond motifs is 7. The topological polar surface area (TPSA) is 46.2 Å². The summed E-state index contributed by atoms with van der Waals surface area (Å²) in [5.41, 5.74) is 10.4. The summed E-state index contributed by atoms with van der Waals surface area (Å²) >= 11 is 0. The minimum absolute atomic E-state index is 0.0299. The molecular formula is C29H49NO. The molecule has 5 aliphatic rings. The zero-order chi connectivity index (χ0) is 22.7. The fourth-order valence-electron chi connectivity index (χ4n) is 10.3. The first-order valence-corrected chi connectivity index (χ1v) is 13.4. The van der Waals surface area contributed by atoms with Crippen LogP contribution in [0.15, 0.2) is 11.6 Å². The molecule has 4 fully saturated rings. The monoisotopic (exact) mass is 427 g/mol. The van der Waals surface area contributed by atoms with Gasteiger partial charge in [-0.1, -0.05) is 60.1 Å². The molecule has 0 heterocycles. The summed E-state index contributed by atoms with van der Waals surface area (Å²) in [4.78, 5) is 0. The van der Waals surface area contributed by atoms with Crippen LogP contribution in [0, 0.1) is 44.8 Å². The first-order chi connectivity index (χ1) is 14.2. The summed E-state index contributed by atoms with van der Waals surface area (Å²) in [5.74, 6) is 1.93. The second-order valence-corrected chi connectivity index (χ2v) is 14.8. The molecule has 0 aromatic heterocycles. The molecule has 31 heavy (non-hydrogen) atoms. The smallest absolute Gasteiger partial charge is 0.0594 e. The lowest BCUT2D eigenvalue weighted by molar-refractivity contribution is -0.200. The minimum atomic E-state index is -0.141. The lowest BCUT2D eigenvalue weighted by atomic mass is 9.34. The zero-order valence-electron chi connectivity index (χ0n) is 21.5. The van der Waals surface area contributed by atoms with Crippen molar-refractivity contribution < 1.29 is 5.11 Å². The molecule has 4 saturated carbocycles. The number of aliphatic hydroxyl groups excluding tert-OH is 1. The maximum Gasteiger partial charge on any atom is 0.0594 e. The van der Waals surface area contributed by atoms with E-state index in [1.54, 1.807) is 5.57 Å². The van der Waals surface area contributed by atoms with Crippen molar-refractivity contribution in [1.29, 1.82) is 0 Å². The molecule has 0 saturated heterocycles. The number of rotatable bonds is 0. The van der Waals surface area contributed by atoms with Gasteiger partial charge in [-0.2, -0.15) is 0 Å². The van der Waals surface area contributed by atoms with Crippen LogP contribution in [0.1, 0.15) is 113 Å². The fraction of sp³-hybridized carbons (Fsp3) is 0.931. The second kappa shape index (κ2) is 6.41. The van der Waals surface area contributed by atoms with E-state index in [0.29, 0.717) is 28.1 Å². The van der Waals surface area contributed by atoms with Crippen LogP contribution >= 0.6 is 0 Å². The Balaban J connectivity index is 1.57. The van der Waals surface area contributed by atoms with E-state index >= 15 is 0 Å². The summed E-state index contributed by atoms with van der Waals surface area (Å²) in [7, 11) is 0. The molecule has 2 heteroatoms. The first-order valence-electron chi connectivity index (χ1n) is 13.4. The molecule has 0 aliphatic heterocycles. The van der Waals surface area contributed by atoms with Crippen LogP contribution in [0.2, 0.25) is 0 Å². The molecular weight excluding hydrogens is 378 g/mol. The van der Waals surface area contributed by atoms with E-state index < -0.39 is 0 Å². The van der Waals surface area contributed by atoms with Gasteiger partial charge in [-0.25, -0.2) is 0 Å². The quantitative estimate of drug-likeness (QED) is 0.415. The van der Waals surface area contributed by atoms with Gasteiger partial charge in [-0.05, 0) is 109 Å². The van der Waals surface area contributed by atoms with E-state index in [-0.39, 0.29) is 22.5 Å². The van der Waals surface area contributed by atoms with Crippen molar-refractivity contribution in [2.24, 2.45) is 50.6 Å². The van der Waals surface area contributed by atoms with Gasteiger partial charge in [0.05, 0.1) is 6.10 Å². The van der Waals surface area contributed by atoms with E-state index in [9.17, 15) is 5.11 Å². The Bertz CT molecular complexity index is 797. The third-order valence-electron chi connectivity index (χ3n) is 12.7. The van der Waals surface area contributed by atoms with Crippen molar-refractivity contribution in [2.75, 3.05) is 0 Å². The molecule has 0 aromatic rings. The Morgan fingerprint density at radius 1 is 0.839 bits per heavy atom. The highest BCUT2D eigenvalue weighted by atomic mass is 16.3. The van der Waals surface area contributed by atoms with Crippen molar-refractivity contribution in [3.8, 4) is 0 Å². The maximum absolute atomic E-state index is 10.9. The number of nitrogens with two attached hydrogens (primary N) is 1. The van der Waals surface area contributed by atoms with Gasteiger partial charge >= 0.3 is 0 Å². The zero-order valence-corrected chi connectivity index (χ0v) is 21.5. The van der Waals surface area contributed by atoms with Crippen LogP contribution in [0.3, 0.4) is 0 Å². The first kappa shape index (κ1) is 22.5. The summed E-state index contributed by atoms with van der Waals surface area (Å²) in [6.07, 6.45) is 14.8. The van der Waals surface area contributed by atoms with Gasteiger partial charge in [-0.3, -0.25) is 0 Å². The number of hydrogen-bond donors (Lipinski definition) is 2. The third kappa shape index (κ3) is 2.76. The molecule has 0 amide bonds. The van der Waals surface area contributed by atoms with Gasteiger partial charge in [0, 0.05) is 5.54 Å². The summed E-state index contributed by atoms with van der Waals surface area (Å²) in [6.45, 7) is 17.5. The van der Waals surface area contributed by atoms with Crippen molar-refractivity contribution >= 4 is 0 Å². The van der Waals surface area contributed by atoms with E-state index in [2.05, 4.69) is 54.5 Å². The van der Waals surface area contributed by atoms with Crippen LogP contribution in [0.4, 0.5) is 0 Å². The SMILES string of the molecule is CC1(C)CCC2(N)CCC3(C)C(=CCC4C5(C)CCC(O)C(C)(C)C5CCC43C)C2C1. The molecule has 8 unspecified atom stereocenters. The van der Waals surface area contributed by atoms with Crippen molar-refractivity contribution in [1.82, 2.24) is 0 Å². The van der Waals surface area contributed by atoms with Gasteiger partial charge in [0.2, 0.25) is 0 Å². The van der Waals surface area contributed by atoms with Gasteiger partial charge < -0.3 is 10.8 Å². The highest BCUT2D eigenvalue weighted by molar-refractivity contribution is 5.34. The van der Waals surface area contributed by atoms with Crippen LogP contribution in [0.25, 0.3) is 0 Å². The van der Waals surface area contributed by atoms with Crippen LogP contribution < -0.4 is 5.73 Å². The average Bonchev–Trinajstić information content (AvgIpc) is 2.67. The average molecular weight is 428 g/mol. The molecule has 176 valence electrons. The Labute approximate surface area is 191 Å². The van der Waals surface area contributed by atoms with E-state index in [0.717, 1.165) is 12.3 Å². The lowest BCUT2D eigenvalue weighted by Crippen LogP contribution is -2.66. The molecule has 2 nitrogen and oxygen atoms in total. The van der Waals surface area contributed by atoms with Gasteiger partial charge in [-0.15, -0.1) is 0 Å². The maximum atomic E-state index is 10.9. The molecule has 0 bridgehead atoms. The Hall–Kier alpha value is -0.340. The third-order valence-corrected chi connectivity index (χ3v) is 12.7. The molecule has 3 N–H and O–H groups in total. The van der Waals surface area contributed by atoms with Crippen molar-refractivity contribution in [3.05, 3.63) is 11.6 Å². The summed E-state index contributed by atoms with van der Waals surface area (Å²) in [5, 5.41) is 10.9. The number of allylic oxidation sites excluding steroid dienone is 1. The summed E-state index contributed by atoms with van der Waals surface area (Å²) < 4.78 is 0. The molecule has 8 atom stereocenters. The van der Waals surface area contributed by atoms with Crippen molar-refractivity contribution in [2.45, 2.75) is 124 Å². The Kier molecular flexibility index (Phi) is 4.64. The summed E-state index contributed by atoms with van der Waals surface area (Å²) in [6, 6.07) is 0. The van der Waals surface area contributed by atoms with E-state index in [4.69, 9.17) is 5.73 Å². The molecule has 5 aliphatic carbocycles. The molecule has 0 spiro atoms. The van der Waals surface area contributed by atoms with Crippen molar-refractivity contribution in [3.63, 3.8) is 0 Å². The minimum Gasteiger partial charge on any atom is -0.393 e. The number of aliphatic hydroxyl groups is 1. The molecule has 0 radical (unpaired) electrons. The highest BCUT2D eigenvalue weighted by Gasteiger charge is 2.67. The number of hydrogen-bond acceptors (Lipinski definition) is 2. The highest BCUT2D eigenvalue weighted by Crippen LogP contribution is 2.74. The standard InChI is InChI=1S/C29H49NO/c1-24(2)14-16-29(30)17-15-27(6)19(20(29)18-24)8-9-22-26(5)12-11-23(31)25(3,4)21(26)10-13-28(22,27)7/h8,20-23,31H,9-18,30H2,1-7H3. The van der Waals surface area contributed by atoms with Gasteiger partial charge in [0.15, 0.2) is 0 Å². The molecule has 5 rings (SSSR count). The van der Waals surface area contributed by atoms with E-state index in [1.165, 1.54) is 57.8 Å². The lowest BCUT2D eigenvalue weighted by Gasteiger charge is -2.71. The normalized spacial score (nSPS) is 55.2. The Morgan fingerprint density at radius 3 is 2.23 bits per heavy atom. The van der Waals surface area contributed by atoms with Crippen LogP contribution in [-0.4, -0.2) is 16.7 Å². The molecule has 0 aromatic carbocycles. The largest absolute Gasteiger partial charge is 0.393 e. The fourth-order valence-corrected chi connectivity index (χ4v) is 10.3.